The Labute approximate surface area is 127 Å². The second-order valence-corrected chi connectivity index (χ2v) is 5.39. The van der Waals surface area contributed by atoms with Crippen LogP contribution in [0.25, 0.3) is 0 Å². The zero-order valence-corrected chi connectivity index (χ0v) is 11.8. The van der Waals surface area contributed by atoms with Crippen molar-refractivity contribution >= 4 is 35.0 Å². The lowest BCUT2D eigenvalue weighted by atomic mass is 10.2. The Morgan fingerprint density at radius 2 is 1.95 bits per heavy atom. The third kappa shape index (κ3) is 3.32. The molecule has 0 bridgehead atoms. The Balaban J connectivity index is 2.52. The number of aromatic carboxylic acids is 1. The molecule has 0 heterocycles. The number of carboxylic acids is 1. The molecule has 21 heavy (non-hydrogen) atoms. The van der Waals surface area contributed by atoms with Gasteiger partial charge in [0.1, 0.15) is 5.82 Å². The highest BCUT2D eigenvalue weighted by Crippen LogP contribution is 2.38. The van der Waals surface area contributed by atoms with Gasteiger partial charge in [0.2, 0.25) is 0 Å². The summed E-state index contributed by atoms with van der Waals surface area (Å²) in [5.41, 5.74) is -0.473. The van der Waals surface area contributed by atoms with E-state index in [2.05, 4.69) is 0 Å². The molecule has 0 saturated heterocycles. The molecule has 0 unspecified atom stereocenters. The molecule has 0 saturated carbocycles. The van der Waals surface area contributed by atoms with E-state index in [1.165, 1.54) is 12.1 Å². The fourth-order valence-corrected chi connectivity index (χ4v) is 2.89. The molecule has 0 aliphatic heterocycles. The van der Waals surface area contributed by atoms with E-state index in [-0.39, 0.29) is 15.5 Å². The quantitative estimate of drug-likeness (QED) is 0.671. The normalized spacial score (nSPS) is 10.4. The molecule has 0 spiro atoms. The number of nitro groups is 1. The molecular formula is C13H7ClFNO4S. The number of hydrogen-bond acceptors (Lipinski definition) is 4. The number of hydrogen-bond donors (Lipinski definition) is 1. The first-order valence-electron chi connectivity index (χ1n) is 5.53. The van der Waals surface area contributed by atoms with Crippen LogP contribution in [0, 0.1) is 15.9 Å². The summed E-state index contributed by atoms with van der Waals surface area (Å²) in [6, 6.07) is 7.86. The topological polar surface area (TPSA) is 80.4 Å². The van der Waals surface area contributed by atoms with E-state index in [9.17, 15) is 19.3 Å². The predicted molar refractivity (Wildman–Crippen MR) is 75.6 cm³/mol. The van der Waals surface area contributed by atoms with E-state index in [0.717, 1.165) is 17.8 Å². The van der Waals surface area contributed by atoms with Crippen molar-refractivity contribution in [2.75, 3.05) is 0 Å². The number of carbonyl (C=O) groups is 1. The van der Waals surface area contributed by atoms with Crippen LogP contribution >= 0.6 is 23.4 Å². The Hall–Kier alpha value is -2.12. The number of nitrogens with zero attached hydrogens (tertiary/aromatic N) is 1. The van der Waals surface area contributed by atoms with Crippen LogP contribution in [-0.4, -0.2) is 16.0 Å². The average Bonchev–Trinajstić information content (AvgIpc) is 2.42. The second kappa shape index (κ2) is 6.11. The van der Waals surface area contributed by atoms with Crippen LogP contribution in [0.3, 0.4) is 0 Å². The lowest BCUT2D eigenvalue weighted by Crippen LogP contribution is -1.99. The Kier molecular flexibility index (Phi) is 4.44. The standard InChI is InChI=1S/C13H7ClFNO4S/c14-8-5-12(10(16(19)20)6-9(8)15)21-11-4-2-1-3-7(11)13(17)18/h1-6H,(H,17,18). The molecule has 1 N–H and O–H groups in total. The molecule has 0 amide bonds. The maximum absolute atomic E-state index is 13.3. The lowest BCUT2D eigenvalue weighted by Gasteiger charge is -2.07. The van der Waals surface area contributed by atoms with Crippen LogP contribution in [0.4, 0.5) is 10.1 Å². The summed E-state index contributed by atoms with van der Waals surface area (Å²) in [4.78, 5) is 21.7. The van der Waals surface area contributed by atoms with Gasteiger partial charge in [0.05, 0.1) is 26.5 Å². The highest BCUT2D eigenvalue weighted by molar-refractivity contribution is 7.99. The molecule has 2 aromatic carbocycles. The van der Waals surface area contributed by atoms with Gasteiger partial charge in [-0.05, 0) is 18.2 Å². The monoisotopic (exact) mass is 327 g/mol. The first kappa shape index (κ1) is 15.3. The van der Waals surface area contributed by atoms with Gasteiger partial charge in [-0.15, -0.1) is 0 Å². The van der Waals surface area contributed by atoms with Crippen LogP contribution in [-0.2, 0) is 0 Å². The highest BCUT2D eigenvalue weighted by Gasteiger charge is 2.20. The third-order valence-electron chi connectivity index (χ3n) is 2.54. The van der Waals surface area contributed by atoms with Crippen molar-refractivity contribution in [2.24, 2.45) is 0 Å². The van der Waals surface area contributed by atoms with Crippen LogP contribution in [0.15, 0.2) is 46.2 Å². The maximum Gasteiger partial charge on any atom is 0.336 e. The van der Waals surface area contributed by atoms with Gasteiger partial charge in [-0.2, -0.15) is 0 Å². The summed E-state index contributed by atoms with van der Waals surface area (Å²) < 4.78 is 13.3. The number of rotatable bonds is 4. The van der Waals surface area contributed by atoms with Gasteiger partial charge < -0.3 is 5.11 Å². The van der Waals surface area contributed by atoms with Crippen LogP contribution in [0.1, 0.15) is 10.4 Å². The van der Waals surface area contributed by atoms with Crippen LogP contribution in [0.5, 0.6) is 0 Å². The lowest BCUT2D eigenvalue weighted by molar-refractivity contribution is -0.387. The van der Waals surface area contributed by atoms with Crippen molar-refractivity contribution in [3.05, 3.63) is 62.9 Å². The molecule has 0 atom stereocenters. The zero-order chi connectivity index (χ0) is 15.6. The van der Waals surface area contributed by atoms with Crippen molar-refractivity contribution in [3.8, 4) is 0 Å². The first-order chi connectivity index (χ1) is 9.90. The Morgan fingerprint density at radius 1 is 1.29 bits per heavy atom. The summed E-state index contributed by atoms with van der Waals surface area (Å²) in [6.45, 7) is 0. The van der Waals surface area contributed by atoms with Gasteiger partial charge >= 0.3 is 5.97 Å². The molecule has 2 aromatic rings. The van der Waals surface area contributed by atoms with Crippen molar-refractivity contribution in [3.63, 3.8) is 0 Å². The van der Waals surface area contributed by atoms with Gasteiger partial charge in [-0.3, -0.25) is 10.1 Å². The van der Waals surface area contributed by atoms with E-state index in [1.54, 1.807) is 12.1 Å². The van der Waals surface area contributed by atoms with E-state index < -0.39 is 22.4 Å². The minimum Gasteiger partial charge on any atom is -0.478 e. The van der Waals surface area contributed by atoms with Crippen molar-refractivity contribution in [1.82, 2.24) is 0 Å². The number of carboxylic acid groups (broad SMARTS) is 1. The average molecular weight is 328 g/mol. The van der Waals surface area contributed by atoms with E-state index >= 15 is 0 Å². The van der Waals surface area contributed by atoms with E-state index in [1.807, 2.05) is 0 Å². The number of halogens is 2. The molecule has 0 aromatic heterocycles. The Bertz CT molecular complexity index is 738. The maximum atomic E-state index is 13.3. The molecule has 0 aliphatic carbocycles. The minimum atomic E-state index is -1.16. The minimum absolute atomic E-state index is 0.00255. The second-order valence-electron chi connectivity index (χ2n) is 3.89. The smallest absolute Gasteiger partial charge is 0.336 e. The van der Waals surface area contributed by atoms with Gasteiger partial charge in [0, 0.05) is 4.90 Å². The number of benzene rings is 2. The number of nitro benzene ring substituents is 1. The third-order valence-corrected chi connectivity index (χ3v) is 3.95. The SMILES string of the molecule is O=C(O)c1ccccc1Sc1cc(Cl)c(F)cc1[N+](=O)[O-]. The van der Waals surface area contributed by atoms with Crippen LogP contribution < -0.4 is 0 Å². The highest BCUT2D eigenvalue weighted by atomic mass is 35.5. The molecule has 2 rings (SSSR count). The van der Waals surface area contributed by atoms with Gasteiger partial charge in [0.15, 0.2) is 0 Å². The first-order valence-corrected chi connectivity index (χ1v) is 6.73. The summed E-state index contributed by atoms with van der Waals surface area (Å²) in [6.07, 6.45) is 0. The Morgan fingerprint density at radius 3 is 2.57 bits per heavy atom. The van der Waals surface area contributed by atoms with Gasteiger partial charge in [-0.25, -0.2) is 9.18 Å². The van der Waals surface area contributed by atoms with Crippen molar-refractivity contribution < 1.29 is 19.2 Å². The van der Waals surface area contributed by atoms with Gasteiger partial charge in [-0.1, -0.05) is 35.5 Å². The molecule has 5 nitrogen and oxygen atoms in total. The van der Waals surface area contributed by atoms with Crippen LogP contribution in [0.2, 0.25) is 5.02 Å². The molecule has 108 valence electrons. The molecule has 0 radical (unpaired) electrons. The summed E-state index contributed by atoms with van der Waals surface area (Å²) in [7, 11) is 0. The predicted octanol–water partition coefficient (Wildman–Crippen LogP) is 4.24. The van der Waals surface area contributed by atoms with Gasteiger partial charge in [0.25, 0.3) is 5.69 Å². The van der Waals surface area contributed by atoms with E-state index in [4.69, 9.17) is 16.7 Å². The molecular weight excluding hydrogens is 321 g/mol. The van der Waals surface area contributed by atoms with E-state index in [0.29, 0.717) is 11.0 Å². The summed E-state index contributed by atoms with van der Waals surface area (Å²) in [5, 5.41) is 19.8. The summed E-state index contributed by atoms with van der Waals surface area (Å²) in [5.74, 6) is -2.06. The molecule has 8 heteroatoms. The molecule has 0 fully saturated rings. The fraction of sp³-hybridized carbons (Fsp3) is 0. The largest absolute Gasteiger partial charge is 0.478 e. The zero-order valence-electron chi connectivity index (χ0n) is 10.2. The summed E-state index contributed by atoms with van der Waals surface area (Å²) >= 11 is 6.48. The fourth-order valence-electron chi connectivity index (χ4n) is 1.59. The van der Waals surface area contributed by atoms with Crippen molar-refractivity contribution in [2.45, 2.75) is 9.79 Å². The van der Waals surface area contributed by atoms with Crippen molar-refractivity contribution in [1.29, 1.82) is 0 Å². The molecule has 0 aliphatic rings.